The maximum atomic E-state index is 5.25. The van der Waals surface area contributed by atoms with Gasteiger partial charge in [-0.05, 0) is 42.8 Å². The Kier molecular flexibility index (Phi) is 2.97. The first-order valence-electron chi connectivity index (χ1n) is 5.47. The van der Waals surface area contributed by atoms with Gasteiger partial charge in [-0.25, -0.2) is 0 Å². The van der Waals surface area contributed by atoms with Crippen LogP contribution in [0.5, 0.6) is 0 Å². The Morgan fingerprint density at radius 1 is 1.19 bits per heavy atom. The number of aromatic amines is 1. The van der Waals surface area contributed by atoms with E-state index in [0.717, 1.165) is 16.2 Å². The highest BCUT2D eigenvalue weighted by Gasteiger charge is 2.03. The van der Waals surface area contributed by atoms with Crippen LogP contribution in [0.15, 0.2) is 30.5 Å². The molecule has 0 aliphatic rings. The molecule has 84 valence electrons. The van der Waals surface area contributed by atoms with Gasteiger partial charge in [-0.2, -0.15) is 0 Å². The molecule has 0 atom stereocenters. The summed E-state index contributed by atoms with van der Waals surface area (Å²) >= 11 is 5.25. The zero-order chi connectivity index (χ0) is 11.7. The van der Waals surface area contributed by atoms with Crippen molar-refractivity contribution in [3.8, 4) is 5.69 Å². The van der Waals surface area contributed by atoms with Crippen molar-refractivity contribution in [2.45, 2.75) is 26.7 Å². The Balaban J connectivity index is 2.46. The van der Waals surface area contributed by atoms with Gasteiger partial charge in [0.05, 0.1) is 0 Å². The predicted octanol–water partition coefficient (Wildman–Crippen LogP) is 3.97. The van der Waals surface area contributed by atoms with Crippen LogP contribution in [0.2, 0.25) is 0 Å². The molecule has 2 aromatic rings. The van der Waals surface area contributed by atoms with Crippen LogP contribution in [0.1, 0.15) is 31.0 Å². The maximum Gasteiger partial charge on any atom is 0.182 e. The molecule has 0 amide bonds. The molecule has 0 saturated carbocycles. The Labute approximate surface area is 101 Å². The Bertz CT molecular complexity index is 532. The summed E-state index contributed by atoms with van der Waals surface area (Å²) in [6.45, 7) is 6.44. The van der Waals surface area contributed by atoms with E-state index in [-0.39, 0.29) is 0 Å². The highest BCUT2D eigenvalue weighted by Crippen LogP contribution is 2.18. The fourth-order valence-corrected chi connectivity index (χ4v) is 2.09. The molecule has 0 radical (unpaired) electrons. The molecule has 16 heavy (non-hydrogen) atoms. The first-order valence-corrected chi connectivity index (χ1v) is 5.88. The lowest BCUT2D eigenvalue weighted by atomic mass is 10.0. The first kappa shape index (κ1) is 11.1. The number of H-pyrrole nitrogens is 1. The van der Waals surface area contributed by atoms with Gasteiger partial charge < -0.3 is 4.98 Å². The van der Waals surface area contributed by atoms with Crippen molar-refractivity contribution in [2.24, 2.45) is 0 Å². The summed E-state index contributed by atoms with van der Waals surface area (Å²) in [6.07, 6.45) is 1.93. The third kappa shape index (κ3) is 1.95. The van der Waals surface area contributed by atoms with E-state index in [1.54, 1.807) is 0 Å². The SMILES string of the molecule is Cc1c[nH]c(=S)n1-c1ccc(C(C)C)cc1. The van der Waals surface area contributed by atoms with Crippen LogP contribution in [0.4, 0.5) is 0 Å². The van der Waals surface area contributed by atoms with Crippen LogP contribution in [0.25, 0.3) is 5.69 Å². The minimum absolute atomic E-state index is 0.564. The summed E-state index contributed by atoms with van der Waals surface area (Å²) in [7, 11) is 0. The molecule has 1 aromatic heterocycles. The summed E-state index contributed by atoms with van der Waals surface area (Å²) < 4.78 is 2.79. The van der Waals surface area contributed by atoms with Gasteiger partial charge in [0.2, 0.25) is 0 Å². The number of rotatable bonds is 2. The second kappa shape index (κ2) is 4.26. The summed E-state index contributed by atoms with van der Waals surface area (Å²) in [5.41, 5.74) is 3.60. The molecule has 0 fully saturated rings. The number of nitrogens with zero attached hydrogens (tertiary/aromatic N) is 1. The molecule has 1 heterocycles. The Morgan fingerprint density at radius 3 is 2.25 bits per heavy atom. The van der Waals surface area contributed by atoms with Crippen molar-refractivity contribution in [1.82, 2.24) is 9.55 Å². The summed E-state index contributed by atoms with van der Waals surface area (Å²) in [5.74, 6) is 0.564. The molecular formula is C13H16N2S. The van der Waals surface area contributed by atoms with E-state index < -0.39 is 0 Å². The van der Waals surface area contributed by atoms with Crippen molar-refractivity contribution in [3.05, 3.63) is 46.5 Å². The lowest BCUT2D eigenvalue weighted by Gasteiger charge is -2.08. The zero-order valence-electron chi connectivity index (χ0n) is 9.82. The number of hydrogen-bond donors (Lipinski definition) is 1. The maximum absolute atomic E-state index is 5.25. The van der Waals surface area contributed by atoms with Crippen molar-refractivity contribution in [1.29, 1.82) is 0 Å². The third-order valence-corrected chi connectivity index (χ3v) is 3.08. The first-order chi connectivity index (χ1) is 7.59. The molecule has 0 aliphatic heterocycles. The Hall–Kier alpha value is -1.35. The summed E-state index contributed by atoms with van der Waals surface area (Å²) in [5, 5.41) is 0. The van der Waals surface area contributed by atoms with Gasteiger partial charge in [0.25, 0.3) is 0 Å². The molecule has 1 aromatic carbocycles. The largest absolute Gasteiger partial charge is 0.337 e. The summed E-state index contributed by atoms with van der Waals surface area (Å²) in [4.78, 5) is 3.05. The van der Waals surface area contributed by atoms with E-state index in [1.165, 1.54) is 5.56 Å². The van der Waals surface area contributed by atoms with E-state index in [4.69, 9.17) is 12.2 Å². The van der Waals surface area contributed by atoms with E-state index in [2.05, 4.69) is 43.1 Å². The molecule has 0 unspecified atom stereocenters. The molecule has 3 heteroatoms. The molecule has 0 bridgehead atoms. The number of hydrogen-bond acceptors (Lipinski definition) is 1. The second-order valence-electron chi connectivity index (χ2n) is 4.32. The minimum Gasteiger partial charge on any atom is -0.337 e. The average Bonchev–Trinajstić information content (AvgIpc) is 2.59. The van der Waals surface area contributed by atoms with Crippen molar-refractivity contribution in [3.63, 3.8) is 0 Å². The normalized spacial score (nSPS) is 11.0. The predicted molar refractivity (Wildman–Crippen MR) is 69.8 cm³/mol. The minimum atomic E-state index is 0.564. The monoisotopic (exact) mass is 232 g/mol. The zero-order valence-corrected chi connectivity index (χ0v) is 10.6. The van der Waals surface area contributed by atoms with Crippen molar-refractivity contribution >= 4 is 12.2 Å². The number of nitrogens with one attached hydrogen (secondary N) is 1. The van der Waals surface area contributed by atoms with Gasteiger partial charge in [-0.1, -0.05) is 26.0 Å². The van der Waals surface area contributed by atoms with Crippen LogP contribution < -0.4 is 0 Å². The number of aryl methyl sites for hydroxylation is 1. The van der Waals surface area contributed by atoms with Gasteiger partial charge in [0.1, 0.15) is 0 Å². The molecule has 0 saturated heterocycles. The van der Waals surface area contributed by atoms with Crippen LogP contribution in [-0.4, -0.2) is 9.55 Å². The fourth-order valence-electron chi connectivity index (χ4n) is 1.78. The molecule has 2 rings (SSSR count). The highest BCUT2D eigenvalue weighted by atomic mass is 32.1. The second-order valence-corrected chi connectivity index (χ2v) is 4.70. The van der Waals surface area contributed by atoms with Crippen LogP contribution in [0.3, 0.4) is 0 Å². The van der Waals surface area contributed by atoms with Crippen molar-refractivity contribution < 1.29 is 0 Å². The van der Waals surface area contributed by atoms with Gasteiger partial charge in [-0.3, -0.25) is 4.57 Å². The number of benzene rings is 1. The van der Waals surface area contributed by atoms with Crippen LogP contribution >= 0.6 is 12.2 Å². The number of aromatic nitrogens is 2. The van der Waals surface area contributed by atoms with Crippen LogP contribution in [0, 0.1) is 11.7 Å². The smallest absolute Gasteiger partial charge is 0.182 e. The van der Waals surface area contributed by atoms with Gasteiger partial charge in [0.15, 0.2) is 4.77 Å². The quantitative estimate of drug-likeness (QED) is 0.777. The van der Waals surface area contributed by atoms with Crippen molar-refractivity contribution in [2.75, 3.05) is 0 Å². The standard InChI is InChI=1S/C13H16N2S/c1-9(2)11-4-6-12(7-5-11)15-10(3)8-14-13(15)16/h4-9H,1-3H3,(H,14,16). The molecule has 0 spiro atoms. The average molecular weight is 232 g/mol. The van der Waals surface area contributed by atoms with Crippen LogP contribution in [-0.2, 0) is 0 Å². The van der Waals surface area contributed by atoms with Gasteiger partial charge in [0, 0.05) is 17.6 Å². The number of imidazole rings is 1. The summed E-state index contributed by atoms with van der Waals surface area (Å²) in [6, 6.07) is 8.56. The van der Waals surface area contributed by atoms with Gasteiger partial charge in [-0.15, -0.1) is 0 Å². The van der Waals surface area contributed by atoms with E-state index in [1.807, 2.05) is 17.7 Å². The Morgan fingerprint density at radius 2 is 1.81 bits per heavy atom. The fraction of sp³-hybridized carbons (Fsp3) is 0.308. The molecule has 1 N–H and O–H groups in total. The third-order valence-electron chi connectivity index (χ3n) is 2.78. The lowest BCUT2D eigenvalue weighted by molar-refractivity contribution is 0.864. The topological polar surface area (TPSA) is 20.7 Å². The highest BCUT2D eigenvalue weighted by molar-refractivity contribution is 7.71. The molecular weight excluding hydrogens is 216 g/mol. The molecule has 0 aliphatic carbocycles. The van der Waals surface area contributed by atoms with Gasteiger partial charge >= 0.3 is 0 Å². The molecule has 2 nitrogen and oxygen atoms in total. The lowest BCUT2D eigenvalue weighted by Crippen LogP contribution is -1.97. The van der Waals surface area contributed by atoms with E-state index in [0.29, 0.717) is 5.92 Å². The van der Waals surface area contributed by atoms with E-state index in [9.17, 15) is 0 Å². The van der Waals surface area contributed by atoms with E-state index >= 15 is 0 Å².